The molecule has 1 aromatic rings. The van der Waals surface area contributed by atoms with E-state index >= 15 is 0 Å². The molecule has 0 aromatic heterocycles. The number of carbonyl (C=O) groups is 1. The lowest BCUT2D eigenvalue weighted by atomic mass is 10.2. The fraction of sp³-hybridized carbons (Fsp3) is 0.273. The van der Waals surface area contributed by atoms with Crippen LogP contribution < -0.4 is 16.2 Å². The summed E-state index contributed by atoms with van der Waals surface area (Å²) < 4.78 is 13.2. The van der Waals surface area contributed by atoms with Gasteiger partial charge in [0, 0.05) is 6.04 Å². The van der Waals surface area contributed by atoms with Crippen molar-refractivity contribution in [3.05, 3.63) is 35.6 Å². The van der Waals surface area contributed by atoms with Gasteiger partial charge in [0.1, 0.15) is 5.82 Å². The average molecular weight is 255 g/mol. The van der Waals surface area contributed by atoms with E-state index < -0.39 is 11.7 Å². The van der Waals surface area contributed by atoms with Crippen LogP contribution in [0.5, 0.6) is 0 Å². The SMILES string of the molecule is CC(C)NC(=S)NNC(=O)c1ccccc1F. The van der Waals surface area contributed by atoms with Gasteiger partial charge in [-0.1, -0.05) is 12.1 Å². The topological polar surface area (TPSA) is 53.2 Å². The second-order valence-electron chi connectivity index (χ2n) is 3.69. The maximum atomic E-state index is 13.2. The molecule has 1 amide bonds. The predicted octanol–water partition coefficient (Wildman–Crippen LogP) is 1.34. The normalized spacial score (nSPS) is 9.88. The number of hydrazine groups is 1. The highest BCUT2D eigenvalue weighted by molar-refractivity contribution is 7.80. The Balaban J connectivity index is 2.51. The van der Waals surface area contributed by atoms with E-state index in [-0.39, 0.29) is 16.7 Å². The third-order valence-electron chi connectivity index (χ3n) is 1.83. The Labute approximate surface area is 105 Å². The zero-order valence-electron chi connectivity index (χ0n) is 9.58. The van der Waals surface area contributed by atoms with Crippen LogP contribution in [-0.2, 0) is 0 Å². The molecule has 1 aromatic carbocycles. The summed E-state index contributed by atoms with van der Waals surface area (Å²) in [6, 6.07) is 5.87. The number of nitrogens with one attached hydrogen (secondary N) is 3. The van der Waals surface area contributed by atoms with Crippen LogP contribution in [-0.4, -0.2) is 17.1 Å². The molecule has 0 bridgehead atoms. The van der Waals surface area contributed by atoms with E-state index in [9.17, 15) is 9.18 Å². The molecule has 0 heterocycles. The fourth-order valence-electron chi connectivity index (χ4n) is 1.12. The molecule has 0 aliphatic rings. The molecular formula is C11H14FN3OS. The lowest BCUT2D eigenvalue weighted by molar-refractivity contribution is 0.0939. The molecule has 0 unspecified atom stereocenters. The first-order chi connectivity index (χ1) is 8.00. The second kappa shape index (κ2) is 6.15. The number of benzene rings is 1. The molecule has 0 aliphatic heterocycles. The molecule has 4 nitrogen and oxygen atoms in total. The van der Waals surface area contributed by atoms with Gasteiger partial charge in [-0.2, -0.15) is 0 Å². The highest BCUT2D eigenvalue weighted by Gasteiger charge is 2.10. The quantitative estimate of drug-likeness (QED) is 0.551. The first-order valence-electron chi connectivity index (χ1n) is 5.12. The van der Waals surface area contributed by atoms with Crippen molar-refractivity contribution in [3.63, 3.8) is 0 Å². The Kier molecular flexibility index (Phi) is 4.84. The minimum Gasteiger partial charge on any atom is -0.359 e. The lowest BCUT2D eigenvalue weighted by Gasteiger charge is -2.13. The van der Waals surface area contributed by atoms with Gasteiger partial charge in [-0.05, 0) is 38.2 Å². The molecule has 0 saturated carbocycles. The Morgan fingerprint density at radius 3 is 2.53 bits per heavy atom. The standard InChI is InChI=1S/C11H14FN3OS/c1-7(2)13-11(17)15-14-10(16)8-5-3-4-6-9(8)12/h3-7H,1-2H3,(H,14,16)(H2,13,15,17). The van der Waals surface area contributed by atoms with E-state index in [1.807, 2.05) is 13.8 Å². The van der Waals surface area contributed by atoms with Crippen LogP contribution in [0.3, 0.4) is 0 Å². The van der Waals surface area contributed by atoms with Crippen LogP contribution in [0.1, 0.15) is 24.2 Å². The van der Waals surface area contributed by atoms with Gasteiger partial charge in [-0.3, -0.25) is 15.6 Å². The highest BCUT2D eigenvalue weighted by atomic mass is 32.1. The van der Waals surface area contributed by atoms with Crippen LogP contribution in [0, 0.1) is 5.82 Å². The smallest absolute Gasteiger partial charge is 0.272 e. The van der Waals surface area contributed by atoms with Crippen molar-refractivity contribution < 1.29 is 9.18 Å². The molecule has 1 rings (SSSR count). The summed E-state index contributed by atoms with van der Waals surface area (Å²) in [6.07, 6.45) is 0. The van der Waals surface area contributed by atoms with Gasteiger partial charge >= 0.3 is 0 Å². The molecule has 0 atom stereocenters. The van der Waals surface area contributed by atoms with Crippen molar-refractivity contribution in [1.29, 1.82) is 0 Å². The van der Waals surface area contributed by atoms with Crippen LogP contribution in [0.25, 0.3) is 0 Å². The van der Waals surface area contributed by atoms with Crippen LogP contribution in [0.15, 0.2) is 24.3 Å². The number of hydrogen-bond acceptors (Lipinski definition) is 2. The number of halogens is 1. The van der Waals surface area contributed by atoms with Crippen molar-refractivity contribution in [2.24, 2.45) is 0 Å². The van der Waals surface area contributed by atoms with E-state index in [1.165, 1.54) is 18.2 Å². The lowest BCUT2D eigenvalue weighted by Crippen LogP contribution is -2.48. The molecule has 0 spiro atoms. The van der Waals surface area contributed by atoms with Crippen molar-refractivity contribution >= 4 is 23.2 Å². The molecule has 0 aliphatic carbocycles. The Morgan fingerprint density at radius 1 is 1.29 bits per heavy atom. The van der Waals surface area contributed by atoms with Gasteiger partial charge in [0.15, 0.2) is 5.11 Å². The van der Waals surface area contributed by atoms with Crippen molar-refractivity contribution in [3.8, 4) is 0 Å². The molecule has 92 valence electrons. The van der Waals surface area contributed by atoms with Gasteiger partial charge in [0.2, 0.25) is 0 Å². The average Bonchev–Trinajstić information content (AvgIpc) is 2.25. The first kappa shape index (κ1) is 13.4. The van der Waals surface area contributed by atoms with E-state index in [0.29, 0.717) is 0 Å². The zero-order chi connectivity index (χ0) is 12.8. The summed E-state index contributed by atoms with van der Waals surface area (Å²) in [4.78, 5) is 11.6. The van der Waals surface area contributed by atoms with Crippen LogP contribution in [0.2, 0.25) is 0 Å². The van der Waals surface area contributed by atoms with Gasteiger partial charge in [-0.25, -0.2) is 4.39 Å². The van der Waals surface area contributed by atoms with Crippen LogP contribution >= 0.6 is 12.2 Å². The maximum absolute atomic E-state index is 13.2. The molecule has 0 saturated heterocycles. The third-order valence-corrected chi connectivity index (χ3v) is 2.05. The molecule has 17 heavy (non-hydrogen) atoms. The number of rotatable bonds is 2. The Morgan fingerprint density at radius 2 is 1.94 bits per heavy atom. The van der Waals surface area contributed by atoms with E-state index in [4.69, 9.17) is 12.2 Å². The predicted molar refractivity (Wildman–Crippen MR) is 67.9 cm³/mol. The Bertz CT molecular complexity index is 423. The highest BCUT2D eigenvalue weighted by Crippen LogP contribution is 2.04. The number of thiocarbonyl (C=S) groups is 1. The molecule has 6 heteroatoms. The monoisotopic (exact) mass is 255 g/mol. The van der Waals surface area contributed by atoms with E-state index in [2.05, 4.69) is 16.2 Å². The summed E-state index contributed by atoms with van der Waals surface area (Å²) >= 11 is 4.90. The summed E-state index contributed by atoms with van der Waals surface area (Å²) in [5.74, 6) is -1.15. The maximum Gasteiger partial charge on any atom is 0.272 e. The van der Waals surface area contributed by atoms with Gasteiger partial charge in [0.05, 0.1) is 5.56 Å². The summed E-state index contributed by atoms with van der Waals surface area (Å²) in [5.41, 5.74) is 4.77. The number of amides is 1. The fourth-order valence-corrected chi connectivity index (χ4v) is 1.41. The number of carbonyl (C=O) groups excluding carboxylic acids is 1. The zero-order valence-corrected chi connectivity index (χ0v) is 10.4. The number of hydrogen-bond donors (Lipinski definition) is 3. The van der Waals surface area contributed by atoms with Crippen molar-refractivity contribution in [2.75, 3.05) is 0 Å². The molecule has 0 fully saturated rings. The molecule has 0 radical (unpaired) electrons. The van der Waals surface area contributed by atoms with E-state index in [0.717, 1.165) is 0 Å². The van der Waals surface area contributed by atoms with E-state index in [1.54, 1.807) is 6.07 Å². The third kappa shape index (κ3) is 4.36. The second-order valence-corrected chi connectivity index (χ2v) is 4.10. The largest absolute Gasteiger partial charge is 0.359 e. The molecule has 3 N–H and O–H groups in total. The Hall–Kier alpha value is -1.69. The van der Waals surface area contributed by atoms with Gasteiger partial charge in [-0.15, -0.1) is 0 Å². The van der Waals surface area contributed by atoms with Crippen molar-refractivity contribution in [1.82, 2.24) is 16.2 Å². The van der Waals surface area contributed by atoms with Gasteiger partial charge in [0.25, 0.3) is 5.91 Å². The minimum atomic E-state index is -0.575. The summed E-state index contributed by atoms with van der Waals surface area (Å²) in [6.45, 7) is 3.82. The minimum absolute atomic E-state index is 0.0349. The van der Waals surface area contributed by atoms with Crippen molar-refractivity contribution in [2.45, 2.75) is 19.9 Å². The molecular weight excluding hydrogens is 241 g/mol. The van der Waals surface area contributed by atoms with Crippen LogP contribution in [0.4, 0.5) is 4.39 Å². The summed E-state index contributed by atoms with van der Waals surface area (Å²) in [5, 5.41) is 3.16. The van der Waals surface area contributed by atoms with Gasteiger partial charge < -0.3 is 5.32 Å². The summed E-state index contributed by atoms with van der Waals surface area (Å²) in [7, 11) is 0. The first-order valence-corrected chi connectivity index (χ1v) is 5.53.